The molecule has 1 aromatic heterocycles. The van der Waals surface area contributed by atoms with Gasteiger partial charge in [0, 0.05) is 20.1 Å². The molecule has 0 saturated carbocycles. The number of rotatable bonds is 5. The fourth-order valence-electron chi connectivity index (χ4n) is 2.19. The van der Waals surface area contributed by atoms with Gasteiger partial charge in [0.25, 0.3) is 14.4 Å². The normalized spacial score (nSPS) is 11.4. The largest absolute Gasteiger partial charge is 0.397 e. The molecule has 0 unspecified atom stereocenters. The summed E-state index contributed by atoms with van der Waals surface area (Å²) < 4.78 is 28.5. The minimum atomic E-state index is -3.95. The lowest BCUT2D eigenvalue weighted by Gasteiger charge is -2.11. The highest BCUT2D eigenvalue weighted by atomic mass is 79.9. The zero-order chi connectivity index (χ0) is 19.8. The molecule has 3 aromatic rings. The van der Waals surface area contributed by atoms with Crippen LogP contribution in [0.2, 0.25) is 0 Å². The molecule has 140 valence electrons. The molecule has 0 fully saturated rings. The summed E-state index contributed by atoms with van der Waals surface area (Å²) in [6, 6.07) is 9.64. The Morgan fingerprint density at radius 3 is 2.56 bits per heavy atom. The van der Waals surface area contributed by atoms with E-state index < -0.39 is 10.0 Å². The number of nitrogens with one attached hydrogen (secondary N) is 1. The number of aryl methyl sites for hydroxylation is 1. The summed E-state index contributed by atoms with van der Waals surface area (Å²) in [6.45, 7) is 1.65. The van der Waals surface area contributed by atoms with Crippen LogP contribution in [0.15, 0.2) is 49.7 Å². The summed E-state index contributed by atoms with van der Waals surface area (Å²) in [5.74, 6) is -0.282. The van der Waals surface area contributed by atoms with Gasteiger partial charge in [0.2, 0.25) is 0 Å². The van der Waals surface area contributed by atoms with Gasteiger partial charge in [-0.3, -0.25) is 9.52 Å². The molecule has 2 aromatic carbocycles. The molecule has 0 spiro atoms. The quantitative estimate of drug-likeness (QED) is 0.380. The minimum Gasteiger partial charge on any atom is -0.397 e. The van der Waals surface area contributed by atoms with Crippen molar-refractivity contribution < 1.29 is 13.2 Å². The number of sulfonamides is 1. The van der Waals surface area contributed by atoms with Crippen LogP contribution in [0.3, 0.4) is 0 Å². The van der Waals surface area contributed by atoms with Gasteiger partial charge in [-0.2, -0.15) is 8.42 Å². The summed E-state index contributed by atoms with van der Waals surface area (Å²) in [5, 5.41) is 7.86. The van der Waals surface area contributed by atoms with Crippen LogP contribution in [0.1, 0.15) is 20.9 Å². The van der Waals surface area contributed by atoms with Crippen molar-refractivity contribution in [3.05, 3.63) is 61.5 Å². The highest BCUT2D eigenvalue weighted by molar-refractivity contribution is 9.11. The molecule has 0 atom stereocenters. The molecule has 0 radical (unpaired) electrons. The highest BCUT2D eigenvalue weighted by Gasteiger charge is 2.22. The predicted octanol–water partition coefficient (Wildman–Crippen LogP) is 3.99. The number of aromatic nitrogens is 2. The molecule has 3 N–H and O–H groups in total. The van der Waals surface area contributed by atoms with Crippen molar-refractivity contribution in [1.29, 1.82) is 0 Å². The molecule has 0 bridgehead atoms. The number of nitrogens with two attached hydrogens (primary N) is 1. The molecule has 0 amide bonds. The van der Waals surface area contributed by atoms with Crippen molar-refractivity contribution in [2.24, 2.45) is 0 Å². The van der Waals surface area contributed by atoms with Gasteiger partial charge < -0.3 is 5.73 Å². The van der Waals surface area contributed by atoms with Gasteiger partial charge in [0.05, 0.1) is 11.4 Å². The summed E-state index contributed by atoms with van der Waals surface area (Å²) in [7, 11) is -3.95. The number of benzene rings is 2. The first-order valence-corrected chi connectivity index (χ1v) is 11.3. The summed E-state index contributed by atoms with van der Waals surface area (Å²) in [4.78, 5) is 12.8. The van der Waals surface area contributed by atoms with Crippen LogP contribution in [0.4, 0.5) is 11.4 Å². The topological polar surface area (TPSA) is 115 Å². The number of ketones is 1. The molecule has 0 aliphatic carbocycles. The van der Waals surface area contributed by atoms with E-state index in [1.54, 1.807) is 25.1 Å². The van der Waals surface area contributed by atoms with Crippen molar-refractivity contribution in [2.75, 3.05) is 10.5 Å². The monoisotopic (exact) mass is 530 g/mol. The van der Waals surface area contributed by atoms with Crippen LogP contribution in [0, 0.1) is 6.92 Å². The second-order valence-electron chi connectivity index (χ2n) is 5.45. The fraction of sp³-hybridized carbons (Fsp3) is 0.0625. The van der Waals surface area contributed by atoms with Crippen molar-refractivity contribution in [2.45, 2.75) is 11.3 Å². The number of halogens is 2. The number of anilines is 2. The third kappa shape index (κ3) is 4.37. The average molecular weight is 532 g/mol. The summed E-state index contributed by atoms with van der Waals surface area (Å²) >= 11 is 7.62. The average Bonchev–Trinajstić information content (AvgIpc) is 3.06. The lowest BCUT2D eigenvalue weighted by Crippen LogP contribution is -2.15. The van der Waals surface area contributed by atoms with E-state index in [4.69, 9.17) is 5.73 Å². The first-order valence-electron chi connectivity index (χ1n) is 7.39. The molecule has 3 rings (SSSR count). The van der Waals surface area contributed by atoms with Crippen molar-refractivity contribution in [3.63, 3.8) is 0 Å². The smallest absolute Gasteiger partial charge is 0.291 e. The molecular weight excluding hydrogens is 520 g/mol. The van der Waals surface area contributed by atoms with E-state index in [9.17, 15) is 13.2 Å². The summed E-state index contributed by atoms with van der Waals surface area (Å²) in [5.41, 5.74) is 6.89. The van der Waals surface area contributed by atoms with Crippen LogP contribution in [-0.4, -0.2) is 24.4 Å². The van der Waals surface area contributed by atoms with Gasteiger partial charge in [-0.1, -0.05) is 43.2 Å². The van der Waals surface area contributed by atoms with E-state index in [1.165, 1.54) is 18.2 Å². The minimum absolute atomic E-state index is 0.0971. The van der Waals surface area contributed by atoms with E-state index in [1.807, 2.05) is 0 Å². The molecule has 0 saturated heterocycles. The van der Waals surface area contributed by atoms with Crippen LogP contribution in [0.5, 0.6) is 0 Å². The Bertz CT molecular complexity index is 1150. The maximum Gasteiger partial charge on any atom is 0.291 e. The predicted molar refractivity (Wildman–Crippen MR) is 112 cm³/mol. The maximum atomic E-state index is 12.8. The van der Waals surface area contributed by atoms with E-state index in [-0.39, 0.29) is 27.1 Å². The standard InChI is InChI=1S/C16H12Br2N4O3S2/c1-8-20-21-16(26-8)27(24,25)22-14-6-9(2-5-13(14)19)15(23)11-7-10(17)3-4-12(11)18/h2-7,22H,19H2,1H3. The van der Waals surface area contributed by atoms with E-state index in [0.717, 1.165) is 15.8 Å². The molecule has 27 heavy (non-hydrogen) atoms. The zero-order valence-corrected chi connectivity index (χ0v) is 18.5. The fourth-order valence-corrected chi connectivity index (χ4v) is 5.02. The molecular formula is C16H12Br2N4O3S2. The summed E-state index contributed by atoms with van der Waals surface area (Å²) in [6.07, 6.45) is 0. The number of nitrogen functional groups attached to an aromatic ring is 1. The van der Waals surface area contributed by atoms with E-state index in [0.29, 0.717) is 15.0 Å². The van der Waals surface area contributed by atoms with Crippen molar-refractivity contribution in [3.8, 4) is 0 Å². The number of carbonyl (C=O) groups excluding carboxylic acids is 1. The molecule has 1 heterocycles. The molecule has 7 nitrogen and oxygen atoms in total. The van der Waals surface area contributed by atoms with Crippen LogP contribution in [0.25, 0.3) is 0 Å². The lowest BCUT2D eigenvalue weighted by atomic mass is 10.0. The number of hydrogen-bond acceptors (Lipinski definition) is 7. The second-order valence-corrected chi connectivity index (χ2v) is 10.3. The lowest BCUT2D eigenvalue weighted by molar-refractivity contribution is 0.103. The molecule has 0 aliphatic rings. The van der Waals surface area contributed by atoms with Gasteiger partial charge in [-0.05, 0) is 43.3 Å². The van der Waals surface area contributed by atoms with Gasteiger partial charge in [-0.15, -0.1) is 10.2 Å². The Morgan fingerprint density at radius 1 is 1.15 bits per heavy atom. The van der Waals surface area contributed by atoms with Gasteiger partial charge >= 0.3 is 0 Å². The Kier molecular flexibility index (Phi) is 5.65. The van der Waals surface area contributed by atoms with Crippen molar-refractivity contribution in [1.82, 2.24) is 10.2 Å². The Balaban J connectivity index is 1.97. The number of nitrogens with zero attached hydrogens (tertiary/aromatic N) is 2. The number of hydrogen-bond donors (Lipinski definition) is 2. The van der Waals surface area contributed by atoms with Crippen LogP contribution < -0.4 is 10.5 Å². The van der Waals surface area contributed by atoms with Gasteiger partial charge in [-0.25, -0.2) is 0 Å². The Labute approximate surface area is 176 Å². The highest BCUT2D eigenvalue weighted by Crippen LogP contribution is 2.28. The molecule has 0 aliphatic heterocycles. The third-order valence-corrected chi connectivity index (χ3v) is 7.23. The SMILES string of the molecule is Cc1nnc(S(=O)(=O)Nc2cc(C(=O)c3cc(Br)ccc3Br)ccc2N)s1. The van der Waals surface area contributed by atoms with E-state index >= 15 is 0 Å². The Morgan fingerprint density at radius 2 is 1.89 bits per heavy atom. The van der Waals surface area contributed by atoms with Gasteiger partial charge in [0.1, 0.15) is 5.01 Å². The maximum absolute atomic E-state index is 12.8. The Hall–Kier alpha value is -1.82. The first-order chi connectivity index (χ1) is 12.7. The van der Waals surface area contributed by atoms with Crippen LogP contribution in [-0.2, 0) is 10.0 Å². The van der Waals surface area contributed by atoms with Crippen LogP contribution >= 0.6 is 43.2 Å². The second kappa shape index (κ2) is 7.66. The van der Waals surface area contributed by atoms with Crippen molar-refractivity contribution >= 4 is 70.4 Å². The first kappa shape index (κ1) is 19.9. The van der Waals surface area contributed by atoms with E-state index in [2.05, 4.69) is 46.8 Å². The zero-order valence-electron chi connectivity index (χ0n) is 13.7. The third-order valence-electron chi connectivity index (χ3n) is 3.47. The molecule has 11 heteroatoms. The van der Waals surface area contributed by atoms with Gasteiger partial charge in [0.15, 0.2) is 5.78 Å². The number of carbonyl (C=O) groups is 1.